The van der Waals surface area contributed by atoms with E-state index in [0.717, 1.165) is 16.5 Å². The molecule has 1 fully saturated rings. The van der Waals surface area contributed by atoms with Crippen LogP contribution < -0.4 is 10.5 Å². The van der Waals surface area contributed by atoms with Gasteiger partial charge in [-0.15, -0.1) is 0 Å². The summed E-state index contributed by atoms with van der Waals surface area (Å²) in [5.41, 5.74) is 1.77. The minimum Gasteiger partial charge on any atom is -0.322 e. The first-order valence-corrected chi connectivity index (χ1v) is 9.81. The van der Waals surface area contributed by atoms with Crippen LogP contribution in [0.2, 0.25) is 5.02 Å². The number of aromatic amines is 2. The van der Waals surface area contributed by atoms with E-state index in [2.05, 4.69) is 15.1 Å². The van der Waals surface area contributed by atoms with Crippen LogP contribution in [0.15, 0.2) is 47.3 Å². The SMILES string of the molecule is Cc1[nH]n(-c2nc3ccccc3[nH]2)c(=O)c1[C@H]1CC(=O)N(c2ccc(F)c(Cl)c2)C1=O. The quantitative estimate of drug-likeness (QED) is 0.478. The normalized spacial score (nSPS) is 16.6. The maximum absolute atomic E-state index is 13.5. The molecule has 2 aromatic heterocycles. The number of imide groups is 1. The van der Waals surface area contributed by atoms with Crippen LogP contribution in [0.3, 0.4) is 0 Å². The van der Waals surface area contributed by atoms with Crippen molar-refractivity contribution in [2.45, 2.75) is 19.3 Å². The highest BCUT2D eigenvalue weighted by Crippen LogP contribution is 2.34. The number of nitrogens with zero attached hydrogens (tertiary/aromatic N) is 3. The molecule has 0 unspecified atom stereocenters. The minimum atomic E-state index is -0.967. The van der Waals surface area contributed by atoms with E-state index in [4.69, 9.17) is 11.6 Å². The summed E-state index contributed by atoms with van der Waals surface area (Å²) in [6.45, 7) is 1.66. The van der Waals surface area contributed by atoms with Crippen LogP contribution in [0, 0.1) is 12.7 Å². The van der Waals surface area contributed by atoms with Crippen molar-refractivity contribution in [2.75, 3.05) is 4.90 Å². The van der Waals surface area contributed by atoms with E-state index in [-0.39, 0.29) is 28.6 Å². The minimum absolute atomic E-state index is 0.162. The molecule has 0 saturated carbocycles. The molecule has 0 bridgehead atoms. The Hall–Kier alpha value is -3.72. The summed E-state index contributed by atoms with van der Waals surface area (Å²) in [4.78, 5) is 47.3. The number of amides is 2. The molecule has 1 aliphatic rings. The molecule has 2 N–H and O–H groups in total. The number of hydrogen-bond donors (Lipinski definition) is 2. The van der Waals surface area contributed by atoms with E-state index in [1.165, 1.54) is 16.8 Å². The molecule has 2 aromatic carbocycles. The summed E-state index contributed by atoms with van der Waals surface area (Å²) >= 11 is 5.80. The fourth-order valence-electron chi connectivity index (χ4n) is 3.92. The fourth-order valence-corrected chi connectivity index (χ4v) is 4.09. The third-order valence-corrected chi connectivity index (χ3v) is 5.65. The van der Waals surface area contributed by atoms with Gasteiger partial charge in [-0.3, -0.25) is 19.5 Å². The zero-order valence-corrected chi connectivity index (χ0v) is 16.9. The Morgan fingerprint density at radius 1 is 1.16 bits per heavy atom. The molecule has 1 aliphatic heterocycles. The van der Waals surface area contributed by atoms with Gasteiger partial charge in [0.1, 0.15) is 5.82 Å². The monoisotopic (exact) mass is 439 g/mol. The number of para-hydroxylation sites is 2. The molecular weight excluding hydrogens is 425 g/mol. The number of nitrogens with one attached hydrogen (secondary N) is 2. The second-order valence-corrected chi connectivity index (χ2v) is 7.70. The first kappa shape index (κ1) is 19.3. The second kappa shape index (κ2) is 6.92. The first-order chi connectivity index (χ1) is 14.8. The van der Waals surface area contributed by atoms with E-state index in [9.17, 15) is 18.8 Å². The number of carbonyl (C=O) groups excluding carboxylic acids is 2. The molecule has 2 amide bonds. The summed E-state index contributed by atoms with van der Waals surface area (Å²) < 4.78 is 14.7. The lowest BCUT2D eigenvalue weighted by Gasteiger charge is -2.15. The van der Waals surface area contributed by atoms with Gasteiger partial charge >= 0.3 is 0 Å². The molecule has 0 spiro atoms. The highest BCUT2D eigenvalue weighted by Gasteiger charge is 2.43. The first-order valence-electron chi connectivity index (χ1n) is 9.43. The van der Waals surface area contributed by atoms with Gasteiger partial charge in [-0.05, 0) is 37.3 Å². The maximum atomic E-state index is 13.5. The lowest BCUT2D eigenvalue weighted by atomic mass is 9.98. The summed E-state index contributed by atoms with van der Waals surface area (Å²) in [5.74, 6) is -2.40. The van der Waals surface area contributed by atoms with Crippen molar-refractivity contribution >= 4 is 40.1 Å². The summed E-state index contributed by atoms with van der Waals surface area (Å²) in [6, 6.07) is 10.9. The lowest BCUT2D eigenvalue weighted by Crippen LogP contribution is -2.31. The Labute approximate surface area is 179 Å². The molecule has 1 atom stereocenters. The van der Waals surface area contributed by atoms with Gasteiger partial charge in [0.15, 0.2) is 0 Å². The largest absolute Gasteiger partial charge is 0.322 e. The van der Waals surface area contributed by atoms with Gasteiger partial charge in [-0.2, -0.15) is 4.68 Å². The molecule has 4 aromatic rings. The molecule has 156 valence electrons. The van der Waals surface area contributed by atoms with Gasteiger partial charge in [0, 0.05) is 12.1 Å². The number of aryl methyl sites for hydroxylation is 1. The summed E-state index contributed by atoms with van der Waals surface area (Å²) in [6.07, 6.45) is -0.179. The van der Waals surface area contributed by atoms with Crippen LogP contribution in [0.1, 0.15) is 23.6 Å². The van der Waals surface area contributed by atoms with E-state index in [1.54, 1.807) is 6.92 Å². The summed E-state index contributed by atoms with van der Waals surface area (Å²) in [7, 11) is 0. The van der Waals surface area contributed by atoms with E-state index >= 15 is 0 Å². The molecule has 0 radical (unpaired) electrons. The smallest absolute Gasteiger partial charge is 0.278 e. The number of hydrogen-bond acceptors (Lipinski definition) is 4. The van der Waals surface area contributed by atoms with Crippen molar-refractivity contribution in [3.05, 3.63) is 74.9 Å². The van der Waals surface area contributed by atoms with Crippen molar-refractivity contribution in [2.24, 2.45) is 0 Å². The predicted octanol–water partition coefficient (Wildman–Crippen LogP) is 3.19. The zero-order valence-electron chi connectivity index (χ0n) is 16.1. The van der Waals surface area contributed by atoms with E-state index in [1.807, 2.05) is 24.3 Å². The topological polar surface area (TPSA) is 104 Å². The van der Waals surface area contributed by atoms with Gasteiger partial charge in [-0.25, -0.2) is 14.3 Å². The van der Waals surface area contributed by atoms with Crippen LogP contribution in [0.4, 0.5) is 10.1 Å². The molecular formula is C21H15ClFN5O3. The number of fused-ring (bicyclic) bond motifs is 1. The number of imidazole rings is 1. The Bertz CT molecular complexity index is 1400. The van der Waals surface area contributed by atoms with Gasteiger partial charge in [0.2, 0.25) is 17.8 Å². The second-order valence-electron chi connectivity index (χ2n) is 7.29. The van der Waals surface area contributed by atoms with Crippen molar-refractivity contribution in [1.82, 2.24) is 19.7 Å². The maximum Gasteiger partial charge on any atom is 0.278 e. The van der Waals surface area contributed by atoms with Crippen LogP contribution in [0.25, 0.3) is 17.0 Å². The number of carbonyl (C=O) groups is 2. The molecule has 1 saturated heterocycles. The molecule has 0 aliphatic carbocycles. The Morgan fingerprint density at radius 3 is 2.68 bits per heavy atom. The van der Waals surface area contributed by atoms with Crippen LogP contribution in [-0.2, 0) is 9.59 Å². The Morgan fingerprint density at radius 2 is 1.94 bits per heavy atom. The number of anilines is 1. The zero-order chi connectivity index (χ0) is 21.9. The molecule has 3 heterocycles. The van der Waals surface area contributed by atoms with Gasteiger partial charge < -0.3 is 4.98 Å². The Balaban J connectivity index is 1.55. The van der Waals surface area contributed by atoms with Crippen LogP contribution >= 0.6 is 11.6 Å². The van der Waals surface area contributed by atoms with Crippen LogP contribution in [-0.4, -0.2) is 31.6 Å². The van der Waals surface area contributed by atoms with Gasteiger partial charge in [-0.1, -0.05) is 23.7 Å². The average molecular weight is 440 g/mol. The number of rotatable bonds is 3. The molecule has 5 rings (SSSR count). The van der Waals surface area contributed by atoms with Crippen molar-refractivity contribution in [3.8, 4) is 5.95 Å². The average Bonchev–Trinajstić information content (AvgIpc) is 3.37. The third-order valence-electron chi connectivity index (χ3n) is 5.36. The summed E-state index contributed by atoms with van der Waals surface area (Å²) in [5, 5.41) is 2.73. The third kappa shape index (κ3) is 2.97. The van der Waals surface area contributed by atoms with E-state index in [0.29, 0.717) is 11.2 Å². The standard InChI is InChI=1S/C21H15ClFN5O3/c1-10-18(20(31)28(26-10)21-24-15-4-2-3-5-16(15)25-21)12-9-17(29)27(19(12)30)11-6-7-14(23)13(22)8-11/h2-8,12,26H,9H2,1H3,(H,24,25)/t12-/m1/s1. The molecule has 31 heavy (non-hydrogen) atoms. The van der Waals surface area contributed by atoms with Crippen molar-refractivity contribution < 1.29 is 14.0 Å². The van der Waals surface area contributed by atoms with Gasteiger partial charge in [0.05, 0.1) is 33.2 Å². The number of H-pyrrole nitrogens is 2. The Kier molecular flexibility index (Phi) is 4.30. The van der Waals surface area contributed by atoms with Crippen LogP contribution in [0.5, 0.6) is 0 Å². The fraction of sp³-hybridized carbons (Fsp3) is 0.143. The van der Waals surface area contributed by atoms with Crippen molar-refractivity contribution in [1.29, 1.82) is 0 Å². The highest BCUT2D eigenvalue weighted by molar-refractivity contribution is 6.31. The van der Waals surface area contributed by atoms with E-state index < -0.39 is 29.1 Å². The van der Waals surface area contributed by atoms with Crippen molar-refractivity contribution in [3.63, 3.8) is 0 Å². The number of benzene rings is 2. The predicted molar refractivity (Wildman–Crippen MR) is 112 cm³/mol. The lowest BCUT2D eigenvalue weighted by molar-refractivity contribution is -0.121. The number of halogens is 2. The number of aromatic nitrogens is 4. The molecule has 10 heteroatoms. The highest BCUT2D eigenvalue weighted by atomic mass is 35.5. The van der Waals surface area contributed by atoms with Gasteiger partial charge in [0.25, 0.3) is 5.56 Å². The molecule has 8 nitrogen and oxygen atoms in total.